The summed E-state index contributed by atoms with van der Waals surface area (Å²) in [6, 6.07) is 13.8. The monoisotopic (exact) mass is 379 g/mol. The first-order chi connectivity index (χ1) is 13.0. The number of carbonyl (C=O) groups excluding carboxylic acids is 1. The highest BCUT2D eigenvalue weighted by molar-refractivity contribution is 7.00. The summed E-state index contributed by atoms with van der Waals surface area (Å²) in [5, 5.41) is 4.29. The van der Waals surface area contributed by atoms with Crippen LogP contribution in [0.2, 0.25) is 0 Å². The fourth-order valence-corrected chi connectivity index (χ4v) is 3.94. The first kappa shape index (κ1) is 17.6. The Hall–Kier alpha value is -2.77. The van der Waals surface area contributed by atoms with Crippen molar-refractivity contribution in [1.29, 1.82) is 0 Å². The zero-order chi connectivity index (χ0) is 19.0. The molecule has 0 aliphatic carbocycles. The van der Waals surface area contributed by atoms with Gasteiger partial charge in [-0.15, -0.1) is 0 Å². The lowest BCUT2D eigenvalue weighted by Crippen LogP contribution is -2.34. The van der Waals surface area contributed by atoms with Crippen LogP contribution in [0.5, 0.6) is 0 Å². The van der Waals surface area contributed by atoms with E-state index in [4.69, 9.17) is 0 Å². The number of aryl methyl sites for hydroxylation is 1. The van der Waals surface area contributed by atoms with Crippen LogP contribution in [0.1, 0.15) is 22.0 Å². The normalized spacial score (nSPS) is 12.7. The smallest absolute Gasteiger partial charge is 0.251 e. The molecule has 0 fully saturated rings. The zero-order valence-electron chi connectivity index (χ0n) is 15.5. The fourth-order valence-electron chi connectivity index (χ4n) is 3.42. The average Bonchev–Trinajstić information content (AvgIpc) is 3.26. The molecule has 2 aromatic heterocycles. The van der Waals surface area contributed by atoms with E-state index in [9.17, 15) is 4.79 Å². The van der Waals surface area contributed by atoms with Crippen molar-refractivity contribution in [3.8, 4) is 0 Å². The average molecular weight is 379 g/mol. The number of nitrogens with zero attached hydrogens (tertiary/aromatic N) is 4. The lowest BCUT2D eigenvalue weighted by molar-refractivity contribution is 0.0942. The molecule has 138 valence electrons. The Morgan fingerprint density at radius 1 is 1.19 bits per heavy atom. The minimum atomic E-state index is -0.100. The summed E-state index contributed by atoms with van der Waals surface area (Å²) in [7, 11) is 6.12. The van der Waals surface area contributed by atoms with E-state index >= 15 is 0 Å². The summed E-state index contributed by atoms with van der Waals surface area (Å²) in [5.74, 6) is -0.100. The largest absolute Gasteiger partial charge is 0.350 e. The molecule has 1 N–H and O–H groups in total. The van der Waals surface area contributed by atoms with Gasteiger partial charge in [-0.05, 0) is 43.9 Å². The van der Waals surface area contributed by atoms with E-state index in [1.807, 2.05) is 39.3 Å². The van der Waals surface area contributed by atoms with E-state index in [0.717, 1.165) is 22.8 Å². The van der Waals surface area contributed by atoms with Gasteiger partial charge in [0.2, 0.25) is 0 Å². The summed E-state index contributed by atoms with van der Waals surface area (Å²) >= 11 is 1.16. The lowest BCUT2D eigenvalue weighted by atomic mass is 10.0. The standard InChI is InChI=1S/C20H21N5OS/c1-24(2)19(15-12-25(3)18-7-5-4-6-14(15)18)11-21-20(26)13-8-9-16-17(10-13)23-27-22-16/h4-10,12,19H,11H2,1-3H3,(H,21,26)/t19-/m1/s1. The van der Waals surface area contributed by atoms with Gasteiger partial charge in [-0.1, -0.05) is 18.2 Å². The van der Waals surface area contributed by atoms with Crippen molar-refractivity contribution in [3.63, 3.8) is 0 Å². The Kier molecular flexibility index (Phi) is 4.63. The second-order valence-corrected chi connectivity index (χ2v) is 7.40. The minimum Gasteiger partial charge on any atom is -0.350 e. The summed E-state index contributed by atoms with van der Waals surface area (Å²) in [6.07, 6.45) is 2.15. The summed E-state index contributed by atoms with van der Waals surface area (Å²) in [4.78, 5) is 14.8. The molecule has 0 bridgehead atoms. The van der Waals surface area contributed by atoms with Crippen LogP contribution in [0.25, 0.3) is 21.9 Å². The number of fused-ring (bicyclic) bond motifs is 2. The maximum atomic E-state index is 12.7. The summed E-state index contributed by atoms with van der Waals surface area (Å²) < 4.78 is 10.5. The van der Waals surface area contributed by atoms with Gasteiger partial charge in [-0.25, -0.2) is 0 Å². The van der Waals surface area contributed by atoms with E-state index in [1.165, 1.54) is 16.5 Å². The number of likely N-dealkylation sites (N-methyl/N-ethyl adjacent to an activating group) is 1. The van der Waals surface area contributed by atoms with E-state index < -0.39 is 0 Å². The van der Waals surface area contributed by atoms with E-state index in [-0.39, 0.29) is 11.9 Å². The van der Waals surface area contributed by atoms with Crippen molar-refractivity contribution < 1.29 is 4.79 Å². The second-order valence-electron chi connectivity index (χ2n) is 6.87. The molecule has 0 unspecified atom stereocenters. The van der Waals surface area contributed by atoms with Crippen LogP contribution in [0.4, 0.5) is 0 Å². The molecule has 2 aromatic carbocycles. The highest BCUT2D eigenvalue weighted by atomic mass is 32.1. The van der Waals surface area contributed by atoms with Crippen LogP contribution in [-0.4, -0.2) is 44.8 Å². The van der Waals surface area contributed by atoms with Crippen LogP contribution in [0.15, 0.2) is 48.7 Å². The molecule has 0 aliphatic heterocycles. The highest BCUT2D eigenvalue weighted by Crippen LogP contribution is 2.28. The Balaban J connectivity index is 1.57. The summed E-state index contributed by atoms with van der Waals surface area (Å²) in [6.45, 7) is 0.521. The number of carbonyl (C=O) groups is 1. The SMILES string of the molecule is CN(C)[C@H](CNC(=O)c1ccc2nsnc2c1)c1cn(C)c2ccccc12. The fraction of sp³-hybridized carbons (Fsp3) is 0.250. The molecule has 4 rings (SSSR count). The molecule has 0 spiro atoms. The second kappa shape index (κ2) is 7.09. The number of para-hydroxylation sites is 1. The van der Waals surface area contributed by atoms with Gasteiger partial charge in [0.05, 0.1) is 17.8 Å². The third-order valence-corrected chi connectivity index (χ3v) is 5.44. The Morgan fingerprint density at radius 2 is 1.96 bits per heavy atom. The van der Waals surface area contributed by atoms with E-state index in [0.29, 0.717) is 12.1 Å². The van der Waals surface area contributed by atoms with Crippen molar-refractivity contribution in [1.82, 2.24) is 23.5 Å². The zero-order valence-corrected chi connectivity index (χ0v) is 16.3. The molecule has 27 heavy (non-hydrogen) atoms. The van der Waals surface area contributed by atoms with Gasteiger partial charge in [0.25, 0.3) is 5.91 Å². The minimum absolute atomic E-state index is 0.0738. The maximum absolute atomic E-state index is 12.7. The Morgan fingerprint density at radius 3 is 2.78 bits per heavy atom. The van der Waals surface area contributed by atoms with Crippen molar-refractivity contribution in [3.05, 3.63) is 59.8 Å². The predicted octanol–water partition coefficient (Wildman–Crippen LogP) is 3.22. The van der Waals surface area contributed by atoms with E-state index in [2.05, 4.69) is 41.9 Å². The molecule has 0 aliphatic rings. The molecule has 0 saturated carbocycles. The number of benzene rings is 2. The molecule has 1 atom stereocenters. The quantitative estimate of drug-likeness (QED) is 0.578. The number of amides is 1. The topological polar surface area (TPSA) is 63.1 Å². The van der Waals surface area contributed by atoms with Crippen LogP contribution < -0.4 is 5.32 Å². The molecular formula is C20H21N5OS. The number of rotatable bonds is 5. The molecule has 0 radical (unpaired) electrons. The molecule has 7 heteroatoms. The Labute approximate surface area is 161 Å². The molecule has 0 saturated heterocycles. The van der Waals surface area contributed by atoms with Gasteiger partial charge in [0, 0.05) is 36.3 Å². The van der Waals surface area contributed by atoms with Crippen molar-refractivity contribution >= 4 is 39.6 Å². The molecule has 4 aromatic rings. The van der Waals surface area contributed by atoms with Crippen molar-refractivity contribution in [2.45, 2.75) is 6.04 Å². The number of aromatic nitrogens is 3. The molecule has 6 nitrogen and oxygen atoms in total. The first-order valence-electron chi connectivity index (χ1n) is 8.75. The van der Waals surface area contributed by atoms with Gasteiger partial charge >= 0.3 is 0 Å². The lowest BCUT2D eigenvalue weighted by Gasteiger charge is -2.24. The van der Waals surface area contributed by atoms with Crippen LogP contribution in [-0.2, 0) is 7.05 Å². The van der Waals surface area contributed by atoms with Gasteiger partial charge in [0.1, 0.15) is 11.0 Å². The molecule has 1 amide bonds. The van der Waals surface area contributed by atoms with Crippen molar-refractivity contribution in [2.24, 2.45) is 7.05 Å². The van der Waals surface area contributed by atoms with E-state index in [1.54, 1.807) is 12.1 Å². The third-order valence-electron chi connectivity index (χ3n) is 4.88. The highest BCUT2D eigenvalue weighted by Gasteiger charge is 2.20. The van der Waals surface area contributed by atoms with Crippen LogP contribution in [0, 0.1) is 0 Å². The number of hydrogen-bond acceptors (Lipinski definition) is 5. The van der Waals surface area contributed by atoms with Crippen LogP contribution in [0.3, 0.4) is 0 Å². The maximum Gasteiger partial charge on any atom is 0.251 e. The molecule has 2 heterocycles. The van der Waals surface area contributed by atoms with Crippen LogP contribution >= 0.6 is 11.7 Å². The van der Waals surface area contributed by atoms with Gasteiger partial charge in [0.15, 0.2) is 0 Å². The first-order valence-corrected chi connectivity index (χ1v) is 9.48. The Bertz CT molecular complexity index is 1110. The summed E-state index contributed by atoms with van der Waals surface area (Å²) in [5.41, 5.74) is 4.57. The van der Waals surface area contributed by atoms with Gasteiger partial charge < -0.3 is 14.8 Å². The van der Waals surface area contributed by atoms with Gasteiger partial charge in [-0.2, -0.15) is 8.75 Å². The number of hydrogen-bond donors (Lipinski definition) is 1. The van der Waals surface area contributed by atoms with Gasteiger partial charge in [-0.3, -0.25) is 4.79 Å². The molecular weight excluding hydrogens is 358 g/mol. The van der Waals surface area contributed by atoms with Crippen molar-refractivity contribution in [2.75, 3.05) is 20.6 Å². The number of nitrogens with one attached hydrogen (secondary N) is 1. The predicted molar refractivity (Wildman–Crippen MR) is 109 cm³/mol. The third kappa shape index (κ3) is 3.31.